The average molecular weight is 783 g/mol. The molecule has 1 aliphatic rings. The van der Waals surface area contributed by atoms with Crippen LogP contribution in [0.25, 0.3) is 56.6 Å². The summed E-state index contributed by atoms with van der Waals surface area (Å²) in [6.45, 7) is 14.1. The van der Waals surface area contributed by atoms with Crippen LogP contribution in [0.3, 0.4) is 0 Å². The second kappa shape index (κ2) is 10.4. The second-order valence-corrected chi connectivity index (χ2v) is 13.3. The van der Waals surface area contributed by atoms with Crippen LogP contribution < -0.4 is 0 Å². The Morgan fingerprint density at radius 1 is 0.696 bits per heavy atom. The summed E-state index contributed by atoms with van der Waals surface area (Å²) in [6.07, 6.45) is 3.53. The summed E-state index contributed by atoms with van der Waals surface area (Å²) in [6, 6.07) is 27.6. The SMILES string of the molecule is CC1(C)c2c[c-]c(-c3ccc(-c4nc(-n5cnc6ccccc65)nc(-n5nnc6ccccc65)n4)cn3)cc2C(C)(C)C1(C)C.[Ir]. The smallest absolute Gasteiger partial charge is 0.257 e. The van der Waals surface area contributed by atoms with Crippen molar-refractivity contribution in [2.45, 2.75) is 52.4 Å². The zero-order valence-electron chi connectivity index (χ0n) is 26.4. The van der Waals surface area contributed by atoms with Gasteiger partial charge >= 0.3 is 0 Å². The molecule has 8 rings (SSSR count). The van der Waals surface area contributed by atoms with Crippen LogP contribution in [-0.2, 0) is 30.9 Å². The van der Waals surface area contributed by atoms with Crippen molar-refractivity contribution in [1.29, 1.82) is 0 Å². The number of aromatic nitrogens is 9. The monoisotopic (exact) mass is 783 g/mol. The first kappa shape index (κ1) is 30.0. The van der Waals surface area contributed by atoms with E-state index >= 15 is 0 Å². The molecular formula is C36H32IrN9-. The summed E-state index contributed by atoms with van der Waals surface area (Å²) in [5.74, 6) is 1.24. The maximum absolute atomic E-state index is 4.88. The van der Waals surface area contributed by atoms with E-state index in [0.29, 0.717) is 17.7 Å². The largest absolute Gasteiger partial charge is 0.304 e. The summed E-state index contributed by atoms with van der Waals surface area (Å²) in [7, 11) is 0. The van der Waals surface area contributed by atoms with Crippen molar-refractivity contribution >= 4 is 22.1 Å². The maximum atomic E-state index is 4.88. The number of rotatable bonds is 4. The molecule has 46 heavy (non-hydrogen) atoms. The Morgan fingerprint density at radius 3 is 2.15 bits per heavy atom. The van der Waals surface area contributed by atoms with E-state index < -0.39 is 0 Å². The van der Waals surface area contributed by atoms with Crippen molar-refractivity contribution < 1.29 is 20.1 Å². The van der Waals surface area contributed by atoms with Crippen LogP contribution >= 0.6 is 0 Å². The van der Waals surface area contributed by atoms with Crippen LogP contribution in [0.2, 0.25) is 0 Å². The van der Waals surface area contributed by atoms with E-state index in [4.69, 9.17) is 19.9 Å². The summed E-state index contributed by atoms with van der Waals surface area (Å²) in [4.78, 5) is 24.0. The molecule has 0 spiro atoms. The van der Waals surface area contributed by atoms with Gasteiger partial charge in [-0.2, -0.15) is 19.6 Å². The molecule has 0 fully saturated rings. The van der Waals surface area contributed by atoms with Gasteiger partial charge in [0.1, 0.15) is 11.8 Å². The molecule has 0 aliphatic heterocycles. The summed E-state index contributed by atoms with van der Waals surface area (Å²) < 4.78 is 3.49. The molecule has 0 saturated heterocycles. The fourth-order valence-corrected chi connectivity index (χ4v) is 6.63. The number of hydrogen-bond donors (Lipinski definition) is 0. The second-order valence-electron chi connectivity index (χ2n) is 13.3. The Labute approximate surface area is 280 Å². The van der Waals surface area contributed by atoms with Crippen LogP contribution in [0.5, 0.6) is 0 Å². The van der Waals surface area contributed by atoms with E-state index in [1.165, 1.54) is 11.1 Å². The Kier molecular flexibility index (Phi) is 6.81. The zero-order valence-corrected chi connectivity index (χ0v) is 28.8. The van der Waals surface area contributed by atoms with Gasteiger partial charge in [0.15, 0.2) is 5.82 Å². The van der Waals surface area contributed by atoms with Gasteiger partial charge in [0.2, 0.25) is 5.95 Å². The molecule has 0 N–H and O–H groups in total. The van der Waals surface area contributed by atoms with Gasteiger partial charge < -0.3 is 4.98 Å². The number of hydrogen-bond acceptors (Lipinski definition) is 7. The summed E-state index contributed by atoms with van der Waals surface area (Å²) in [5, 5.41) is 8.68. The molecule has 7 aromatic rings. The number of imidazole rings is 1. The summed E-state index contributed by atoms with van der Waals surface area (Å²) >= 11 is 0. The van der Waals surface area contributed by atoms with Gasteiger partial charge in [-0.3, -0.25) is 4.57 Å². The number of nitrogens with zero attached hydrogens (tertiary/aromatic N) is 9. The number of benzene rings is 3. The van der Waals surface area contributed by atoms with Crippen molar-refractivity contribution in [2.24, 2.45) is 5.41 Å². The van der Waals surface area contributed by atoms with Gasteiger partial charge in [0.25, 0.3) is 5.95 Å². The Balaban J connectivity index is 0.00000338. The molecular weight excluding hydrogens is 751 g/mol. The van der Waals surface area contributed by atoms with Crippen molar-refractivity contribution in [3.63, 3.8) is 0 Å². The van der Waals surface area contributed by atoms with Crippen LogP contribution in [-0.4, -0.2) is 44.5 Å². The molecule has 3 aromatic carbocycles. The van der Waals surface area contributed by atoms with Crippen LogP contribution in [0, 0.1) is 11.5 Å². The number of para-hydroxylation sites is 3. The summed E-state index contributed by atoms with van der Waals surface area (Å²) in [5.41, 5.74) is 8.67. The van der Waals surface area contributed by atoms with Crippen molar-refractivity contribution in [1.82, 2.24) is 44.5 Å². The molecule has 10 heteroatoms. The first-order valence-corrected chi connectivity index (χ1v) is 15.1. The van der Waals surface area contributed by atoms with Crippen LogP contribution in [0.15, 0.2) is 85.3 Å². The van der Waals surface area contributed by atoms with E-state index in [-0.39, 0.29) is 36.4 Å². The molecule has 0 saturated carbocycles. The average Bonchev–Trinajstić information content (AvgIpc) is 3.71. The minimum Gasteiger partial charge on any atom is -0.304 e. The molecule has 1 radical (unpaired) electrons. The van der Waals surface area contributed by atoms with Gasteiger partial charge in [0.05, 0.1) is 16.6 Å². The Hall–Kier alpha value is -4.66. The fraction of sp³-hybridized carbons (Fsp3) is 0.250. The molecule has 0 atom stereocenters. The van der Waals surface area contributed by atoms with Gasteiger partial charge in [-0.1, -0.05) is 83.2 Å². The van der Waals surface area contributed by atoms with E-state index in [1.54, 1.807) is 11.0 Å². The molecule has 4 heterocycles. The number of fused-ring (bicyclic) bond motifs is 3. The third kappa shape index (κ3) is 4.27. The van der Waals surface area contributed by atoms with E-state index in [9.17, 15) is 0 Å². The zero-order chi connectivity index (χ0) is 31.1. The third-order valence-electron chi connectivity index (χ3n) is 10.5. The molecule has 0 bridgehead atoms. The van der Waals surface area contributed by atoms with E-state index in [2.05, 4.69) is 75.0 Å². The van der Waals surface area contributed by atoms with Crippen LogP contribution in [0.4, 0.5) is 0 Å². The van der Waals surface area contributed by atoms with Crippen LogP contribution in [0.1, 0.15) is 52.7 Å². The normalized spacial score (nSPS) is 16.0. The first-order valence-electron chi connectivity index (χ1n) is 15.1. The van der Waals surface area contributed by atoms with Gasteiger partial charge in [-0.15, -0.1) is 40.0 Å². The molecule has 4 aromatic heterocycles. The van der Waals surface area contributed by atoms with E-state index in [0.717, 1.165) is 38.9 Å². The standard InChI is InChI=1S/C36H32N9.Ir/c1-34(2)24-17-15-22(19-25(24)35(3,4)36(34,5)6)26-18-16-23(20-37-26)31-39-32(44-21-38-27-11-7-9-13-29(27)44)41-33(40-31)45-30-14-10-8-12-28(30)42-43-45;/h7-14,16-21H,1-6H3;/q-1;. The van der Waals surface area contributed by atoms with Crippen molar-refractivity contribution in [2.75, 3.05) is 0 Å². The molecule has 0 amide bonds. The predicted molar refractivity (Wildman–Crippen MR) is 174 cm³/mol. The minimum atomic E-state index is -0.00364. The van der Waals surface area contributed by atoms with Crippen molar-refractivity contribution in [3.8, 4) is 34.5 Å². The molecule has 231 valence electrons. The minimum absolute atomic E-state index is 0. The Morgan fingerprint density at radius 2 is 1.39 bits per heavy atom. The van der Waals surface area contributed by atoms with Gasteiger partial charge in [-0.25, -0.2) is 4.98 Å². The Bertz CT molecular complexity index is 2170. The molecule has 1 aliphatic carbocycles. The predicted octanol–water partition coefficient (Wildman–Crippen LogP) is 7.07. The third-order valence-corrected chi connectivity index (χ3v) is 10.5. The quantitative estimate of drug-likeness (QED) is 0.176. The molecule has 0 unspecified atom stereocenters. The topological polar surface area (TPSA) is 100 Å². The van der Waals surface area contributed by atoms with Gasteiger partial charge in [-0.05, 0) is 46.2 Å². The fourth-order valence-electron chi connectivity index (χ4n) is 6.63. The maximum Gasteiger partial charge on any atom is 0.257 e. The van der Waals surface area contributed by atoms with Gasteiger partial charge in [0, 0.05) is 31.9 Å². The van der Waals surface area contributed by atoms with Crippen molar-refractivity contribution in [3.05, 3.63) is 103 Å². The molecule has 9 nitrogen and oxygen atoms in total. The number of pyridine rings is 1. The first-order chi connectivity index (χ1) is 21.6. The van der Waals surface area contributed by atoms with E-state index in [1.807, 2.05) is 71.4 Å².